The smallest absolute Gasteiger partial charge is 0.254 e. The molecule has 6 nitrogen and oxygen atoms in total. The van der Waals surface area contributed by atoms with Crippen LogP contribution in [0.3, 0.4) is 0 Å². The summed E-state index contributed by atoms with van der Waals surface area (Å²) >= 11 is 1.80. The molecule has 1 aromatic carbocycles. The summed E-state index contributed by atoms with van der Waals surface area (Å²) < 4.78 is 10.5. The number of methoxy groups -OCH3 is 1. The monoisotopic (exact) mass is 546 g/mol. The van der Waals surface area contributed by atoms with Gasteiger partial charge in [0, 0.05) is 37.1 Å². The van der Waals surface area contributed by atoms with Crippen LogP contribution in [0.4, 0.5) is 0 Å². The van der Waals surface area contributed by atoms with Crippen molar-refractivity contribution in [2.45, 2.75) is 78.3 Å². The van der Waals surface area contributed by atoms with Gasteiger partial charge < -0.3 is 18.8 Å². The number of nitrogens with zero attached hydrogens (tertiary/aromatic N) is 4. The van der Waals surface area contributed by atoms with E-state index in [0.717, 1.165) is 53.9 Å². The fourth-order valence-corrected chi connectivity index (χ4v) is 7.22. The molecule has 39 heavy (non-hydrogen) atoms. The van der Waals surface area contributed by atoms with E-state index in [9.17, 15) is 4.79 Å². The highest BCUT2D eigenvalue weighted by atomic mass is 32.1. The Kier molecular flexibility index (Phi) is 7.21. The molecule has 0 spiro atoms. The van der Waals surface area contributed by atoms with Crippen LogP contribution < -0.4 is 4.74 Å². The number of carbonyl (C=O) groups is 1. The lowest BCUT2D eigenvalue weighted by molar-refractivity contribution is 0.0546. The van der Waals surface area contributed by atoms with Crippen LogP contribution in [0, 0.1) is 17.8 Å². The van der Waals surface area contributed by atoms with Gasteiger partial charge in [-0.3, -0.25) is 4.79 Å². The number of rotatable bonds is 9. The molecular formula is C32H42N4O2S. The highest BCUT2D eigenvalue weighted by molar-refractivity contribution is 7.16. The molecule has 208 valence electrons. The van der Waals surface area contributed by atoms with Gasteiger partial charge in [0.25, 0.3) is 5.91 Å². The molecule has 4 aromatic rings. The predicted molar refractivity (Wildman–Crippen MR) is 161 cm³/mol. The third kappa shape index (κ3) is 4.99. The minimum atomic E-state index is 0.0979. The second-order valence-electron chi connectivity index (χ2n) is 12.1. The number of carbonyl (C=O) groups excluding carboxylic acids is 1. The molecule has 6 rings (SSSR count). The number of ether oxygens (including phenoxy) is 1. The lowest BCUT2D eigenvalue weighted by atomic mass is 9.87. The summed E-state index contributed by atoms with van der Waals surface area (Å²) in [5, 5.41) is 3.44. The van der Waals surface area contributed by atoms with E-state index in [2.05, 4.69) is 59.4 Å². The van der Waals surface area contributed by atoms with Crippen molar-refractivity contribution in [3.8, 4) is 17.3 Å². The molecule has 1 aliphatic carbocycles. The number of hydrogen-bond acceptors (Lipinski definition) is 4. The summed E-state index contributed by atoms with van der Waals surface area (Å²) in [4.78, 5) is 22.5. The maximum absolute atomic E-state index is 13.9. The second kappa shape index (κ2) is 10.6. The first-order valence-electron chi connectivity index (χ1n) is 14.8. The maximum Gasteiger partial charge on any atom is 0.254 e. The SMILES string of the molecule is CCC(C)CC[C@@H]1CC[C@H](C)N(C(=O)c2cc(OC)c3c(c2)nc(-c2cc4ccsc4n2CC2CC2)n3C)C1. The van der Waals surface area contributed by atoms with E-state index in [1.165, 1.54) is 48.7 Å². The van der Waals surface area contributed by atoms with Gasteiger partial charge in [0.15, 0.2) is 5.82 Å². The molecule has 7 heteroatoms. The van der Waals surface area contributed by atoms with Gasteiger partial charge in [0.05, 0.1) is 18.3 Å². The van der Waals surface area contributed by atoms with Gasteiger partial charge in [-0.15, -0.1) is 11.3 Å². The zero-order chi connectivity index (χ0) is 27.3. The average Bonchev–Trinajstić information content (AvgIpc) is 3.39. The molecule has 1 saturated carbocycles. The summed E-state index contributed by atoms with van der Waals surface area (Å²) in [6, 6.07) is 8.62. The van der Waals surface area contributed by atoms with E-state index in [-0.39, 0.29) is 11.9 Å². The highest BCUT2D eigenvalue weighted by Gasteiger charge is 2.31. The molecule has 0 bridgehead atoms. The van der Waals surface area contributed by atoms with E-state index in [1.807, 2.05) is 12.1 Å². The van der Waals surface area contributed by atoms with Crippen LogP contribution in [0.25, 0.3) is 32.8 Å². The minimum Gasteiger partial charge on any atom is -0.494 e. The van der Waals surface area contributed by atoms with Crippen molar-refractivity contribution in [2.75, 3.05) is 13.7 Å². The Balaban J connectivity index is 1.34. The van der Waals surface area contributed by atoms with Crippen LogP contribution in [0.5, 0.6) is 5.75 Å². The number of amides is 1. The normalized spacial score (nSPS) is 20.7. The first kappa shape index (κ1) is 26.4. The summed E-state index contributed by atoms with van der Waals surface area (Å²) in [6.07, 6.45) is 8.56. The first-order chi connectivity index (χ1) is 18.9. The van der Waals surface area contributed by atoms with Crippen molar-refractivity contribution in [1.82, 2.24) is 19.0 Å². The van der Waals surface area contributed by atoms with E-state index in [4.69, 9.17) is 9.72 Å². The molecule has 3 aromatic heterocycles. The second-order valence-corrected chi connectivity index (χ2v) is 13.0. The zero-order valence-electron chi connectivity index (χ0n) is 24.1. The van der Waals surface area contributed by atoms with E-state index >= 15 is 0 Å². The minimum absolute atomic E-state index is 0.0979. The summed E-state index contributed by atoms with van der Waals surface area (Å²) in [5.74, 6) is 3.82. The molecule has 1 saturated heterocycles. The molecule has 1 unspecified atom stereocenters. The van der Waals surface area contributed by atoms with Crippen molar-refractivity contribution < 1.29 is 9.53 Å². The Morgan fingerprint density at radius 2 is 1.97 bits per heavy atom. The molecule has 2 fully saturated rings. The fraction of sp³-hybridized carbons (Fsp3) is 0.562. The molecule has 0 N–H and O–H groups in total. The highest BCUT2D eigenvalue weighted by Crippen LogP contribution is 2.39. The molecular weight excluding hydrogens is 504 g/mol. The number of piperidine rings is 1. The van der Waals surface area contributed by atoms with E-state index in [1.54, 1.807) is 18.4 Å². The predicted octanol–water partition coefficient (Wildman–Crippen LogP) is 7.74. The number of aromatic nitrogens is 3. The third-order valence-electron chi connectivity index (χ3n) is 9.28. The third-order valence-corrected chi connectivity index (χ3v) is 10.2. The van der Waals surface area contributed by atoms with Crippen LogP contribution in [0.1, 0.15) is 76.1 Å². The van der Waals surface area contributed by atoms with Crippen molar-refractivity contribution in [3.63, 3.8) is 0 Å². The van der Waals surface area contributed by atoms with Crippen LogP contribution in [-0.4, -0.2) is 44.6 Å². The Hall–Kier alpha value is -2.80. The van der Waals surface area contributed by atoms with Crippen molar-refractivity contribution in [1.29, 1.82) is 0 Å². The number of benzene rings is 1. The molecule has 1 amide bonds. The van der Waals surface area contributed by atoms with Gasteiger partial charge >= 0.3 is 0 Å². The van der Waals surface area contributed by atoms with Gasteiger partial charge in [-0.2, -0.15) is 0 Å². The Morgan fingerprint density at radius 1 is 1.18 bits per heavy atom. The molecule has 3 atom stereocenters. The first-order valence-corrected chi connectivity index (χ1v) is 15.7. The van der Waals surface area contributed by atoms with Crippen LogP contribution in [-0.2, 0) is 13.6 Å². The summed E-state index contributed by atoms with van der Waals surface area (Å²) in [7, 11) is 3.75. The lowest BCUT2D eigenvalue weighted by Gasteiger charge is -2.38. The number of hydrogen-bond donors (Lipinski definition) is 0. The Bertz CT molecular complexity index is 1490. The van der Waals surface area contributed by atoms with Crippen molar-refractivity contribution in [3.05, 3.63) is 35.2 Å². The van der Waals surface area contributed by atoms with Gasteiger partial charge in [-0.25, -0.2) is 4.98 Å². The van der Waals surface area contributed by atoms with Gasteiger partial charge in [-0.05, 0) is 86.4 Å². The van der Waals surface area contributed by atoms with Gasteiger partial charge in [0.1, 0.15) is 16.1 Å². The Labute approximate surface area is 236 Å². The van der Waals surface area contributed by atoms with E-state index < -0.39 is 0 Å². The van der Waals surface area contributed by atoms with Gasteiger partial charge in [-0.1, -0.05) is 26.7 Å². The van der Waals surface area contributed by atoms with Crippen LogP contribution >= 0.6 is 11.3 Å². The molecule has 2 aliphatic rings. The molecule has 4 heterocycles. The standard InChI is InChI=1S/C32H42N4O2S/c1-6-20(2)7-9-22-10-8-21(3)35(18-22)31(37)25-15-26-29(28(17-25)38-5)34(4)30(33-26)27-16-24-13-14-39-32(24)36(27)19-23-11-12-23/h13-17,20-23H,6-12,18-19H2,1-5H3/t20?,21-,22+/m0/s1. The van der Waals surface area contributed by atoms with Crippen LogP contribution in [0.2, 0.25) is 0 Å². The van der Waals surface area contributed by atoms with Crippen molar-refractivity contribution >= 4 is 38.5 Å². The quantitative estimate of drug-likeness (QED) is 0.216. The van der Waals surface area contributed by atoms with Gasteiger partial charge in [0.2, 0.25) is 0 Å². The zero-order valence-corrected chi connectivity index (χ0v) is 24.9. The number of thiophene rings is 1. The molecule has 1 aliphatic heterocycles. The lowest BCUT2D eigenvalue weighted by Crippen LogP contribution is -2.45. The fourth-order valence-electron chi connectivity index (χ4n) is 6.31. The largest absolute Gasteiger partial charge is 0.494 e. The Morgan fingerprint density at radius 3 is 2.72 bits per heavy atom. The van der Waals surface area contributed by atoms with E-state index in [0.29, 0.717) is 17.2 Å². The number of imidazole rings is 1. The molecule has 0 radical (unpaired) electrons. The van der Waals surface area contributed by atoms with Crippen molar-refractivity contribution in [2.24, 2.45) is 24.8 Å². The maximum atomic E-state index is 13.9. The summed E-state index contributed by atoms with van der Waals surface area (Å²) in [6.45, 7) is 8.67. The number of aryl methyl sites for hydroxylation is 1. The topological polar surface area (TPSA) is 52.3 Å². The average molecular weight is 547 g/mol. The number of likely N-dealkylation sites (tertiary alicyclic amines) is 1. The van der Waals surface area contributed by atoms with Crippen LogP contribution in [0.15, 0.2) is 29.6 Å². The summed E-state index contributed by atoms with van der Waals surface area (Å²) in [5.41, 5.74) is 3.57. The number of fused-ring (bicyclic) bond motifs is 2.